The van der Waals surface area contributed by atoms with Crippen LogP contribution in [0.1, 0.15) is 35.2 Å². The second-order valence-corrected chi connectivity index (χ2v) is 8.58. The average Bonchev–Trinajstić information content (AvgIpc) is 2.96. The maximum Gasteiger partial charge on any atom is 0.259 e. The molecule has 2 aliphatic heterocycles. The summed E-state index contributed by atoms with van der Waals surface area (Å²) in [7, 11) is 0. The van der Waals surface area contributed by atoms with Crippen molar-refractivity contribution in [1.82, 2.24) is 15.1 Å². The van der Waals surface area contributed by atoms with Crippen molar-refractivity contribution in [2.24, 2.45) is 0 Å². The van der Waals surface area contributed by atoms with Gasteiger partial charge in [0.15, 0.2) is 0 Å². The van der Waals surface area contributed by atoms with Crippen molar-refractivity contribution in [3.05, 3.63) is 47.5 Å². The van der Waals surface area contributed by atoms with E-state index in [4.69, 9.17) is 0 Å². The molecule has 1 aromatic rings. The van der Waals surface area contributed by atoms with E-state index in [9.17, 15) is 18.4 Å². The van der Waals surface area contributed by atoms with Gasteiger partial charge in [0.2, 0.25) is 5.91 Å². The Labute approximate surface area is 174 Å². The Morgan fingerprint density at radius 1 is 1.38 bits per heavy atom. The number of piperidine rings is 1. The van der Waals surface area contributed by atoms with Gasteiger partial charge in [-0.25, -0.2) is 8.78 Å². The molecule has 1 N–H and O–H groups in total. The number of rotatable bonds is 6. The quantitative estimate of drug-likeness (QED) is 0.715. The molecule has 0 aromatic heterocycles. The standard InChI is InChI=1S/C21H27F2N3O2S/c1-4-10-26-19(27)16(7-13-29-3)24-21(26)8-11-25(12-9-21)20(28)17-15(22)6-5-14(2)18(17)23/h4-6,16,24H,1,7-13H2,2-3H3. The van der Waals surface area contributed by atoms with E-state index in [1.165, 1.54) is 17.9 Å². The minimum absolute atomic E-state index is 0.0505. The molecule has 1 spiro atoms. The number of nitrogens with one attached hydrogen (secondary N) is 1. The summed E-state index contributed by atoms with van der Waals surface area (Å²) in [4.78, 5) is 28.9. The fraction of sp³-hybridized carbons (Fsp3) is 0.524. The molecule has 1 atom stereocenters. The summed E-state index contributed by atoms with van der Waals surface area (Å²) in [6, 6.07) is 2.19. The van der Waals surface area contributed by atoms with Gasteiger partial charge in [-0.1, -0.05) is 12.1 Å². The molecule has 1 unspecified atom stereocenters. The number of thioether (sulfide) groups is 1. The minimum atomic E-state index is -0.849. The highest BCUT2D eigenvalue weighted by atomic mass is 32.2. The number of benzene rings is 1. The molecule has 2 aliphatic rings. The van der Waals surface area contributed by atoms with Gasteiger partial charge in [-0.2, -0.15) is 11.8 Å². The van der Waals surface area contributed by atoms with Crippen molar-refractivity contribution in [2.45, 2.75) is 37.9 Å². The molecular weight excluding hydrogens is 396 g/mol. The number of halogens is 2. The van der Waals surface area contributed by atoms with Gasteiger partial charge in [0.1, 0.15) is 17.2 Å². The topological polar surface area (TPSA) is 52.7 Å². The molecular formula is C21H27F2N3O2S. The highest BCUT2D eigenvalue weighted by molar-refractivity contribution is 7.98. The van der Waals surface area contributed by atoms with Crippen LogP contribution in [-0.4, -0.2) is 65.0 Å². The Bertz CT molecular complexity index is 809. The van der Waals surface area contributed by atoms with Crippen molar-refractivity contribution in [1.29, 1.82) is 0 Å². The molecule has 2 amide bonds. The zero-order chi connectivity index (χ0) is 21.2. The van der Waals surface area contributed by atoms with Crippen molar-refractivity contribution in [2.75, 3.05) is 31.6 Å². The van der Waals surface area contributed by atoms with Gasteiger partial charge in [0.25, 0.3) is 5.91 Å². The lowest BCUT2D eigenvalue weighted by Gasteiger charge is -2.44. The molecule has 158 valence electrons. The SMILES string of the molecule is C=CCN1C(=O)C(CCSC)NC12CCN(C(=O)c1c(F)ccc(C)c1F)CC2. The number of hydrogen-bond donors (Lipinski definition) is 1. The Morgan fingerprint density at radius 3 is 2.69 bits per heavy atom. The van der Waals surface area contributed by atoms with Gasteiger partial charge in [0, 0.05) is 32.5 Å². The molecule has 2 heterocycles. The minimum Gasteiger partial charge on any atom is -0.338 e. The highest BCUT2D eigenvalue weighted by Crippen LogP contribution is 2.34. The average molecular weight is 424 g/mol. The summed E-state index contributed by atoms with van der Waals surface area (Å²) < 4.78 is 28.5. The number of carbonyl (C=O) groups excluding carboxylic acids is 2. The van der Waals surface area contributed by atoms with Gasteiger partial charge < -0.3 is 9.80 Å². The summed E-state index contributed by atoms with van der Waals surface area (Å²) in [6.45, 7) is 6.32. The summed E-state index contributed by atoms with van der Waals surface area (Å²) in [5.74, 6) is -1.38. The monoisotopic (exact) mass is 423 g/mol. The van der Waals surface area contributed by atoms with E-state index in [-0.39, 0.29) is 17.5 Å². The lowest BCUT2D eigenvalue weighted by molar-refractivity contribution is -0.132. The molecule has 0 bridgehead atoms. The van der Waals surface area contributed by atoms with Gasteiger partial charge in [-0.15, -0.1) is 6.58 Å². The molecule has 8 heteroatoms. The van der Waals surface area contributed by atoms with Crippen molar-refractivity contribution >= 4 is 23.6 Å². The van der Waals surface area contributed by atoms with Crippen LogP contribution in [0.5, 0.6) is 0 Å². The van der Waals surface area contributed by atoms with E-state index in [2.05, 4.69) is 11.9 Å². The Balaban J connectivity index is 1.76. The maximum absolute atomic E-state index is 14.4. The summed E-state index contributed by atoms with van der Waals surface area (Å²) in [6.07, 6.45) is 5.45. The third-order valence-electron chi connectivity index (χ3n) is 5.82. The van der Waals surface area contributed by atoms with Crippen LogP contribution in [-0.2, 0) is 4.79 Å². The van der Waals surface area contributed by atoms with Crippen LogP contribution in [0, 0.1) is 18.6 Å². The number of hydrogen-bond acceptors (Lipinski definition) is 4. The predicted molar refractivity (Wildman–Crippen MR) is 111 cm³/mol. The van der Waals surface area contributed by atoms with Crippen LogP contribution < -0.4 is 5.32 Å². The number of aryl methyl sites for hydroxylation is 1. The Morgan fingerprint density at radius 2 is 2.07 bits per heavy atom. The number of carbonyl (C=O) groups is 2. The lowest BCUT2D eigenvalue weighted by Crippen LogP contribution is -2.59. The molecule has 5 nitrogen and oxygen atoms in total. The van der Waals surface area contributed by atoms with Crippen molar-refractivity contribution in [3.63, 3.8) is 0 Å². The summed E-state index contributed by atoms with van der Waals surface area (Å²) in [5.41, 5.74) is -0.813. The van der Waals surface area contributed by atoms with Gasteiger partial charge >= 0.3 is 0 Å². The third-order valence-corrected chi connectivity index (χ3v) is 6.47. The van der Waals surface area contributed by atoms with Gasteiger partial charge in [-0.3, -0.25) is 14.9 Å². The normalized spacial score (nSPS) is 21.1. The first-order chi connectivity index (χ1) is 13.8. The van der Waals surface area contributed by atoms with E-state index >= 15 is 0 Å². The van der Waals surface area contributed by atoms with Gasteiger partial charge in [-0.05, 0) is 37.0 Å². The number of nitrogens with zero attached hydrogens (tertiary/aromatic N) is 2. The lowest BCUT2D eigenvalue weighted by atomic mass is 9.95. The molecule has 2 saturated heterocycles. The summed E-state index contributed by atoms with van der Waals surface area (Å²) in [5, 5.41) is 3.49. The van der Waals surface area contributed by atoms with Crippen LogP contribution in [0.15, 0.2) is 24.8 Å². The maximum atomic E-state index is 14.4. The second kappa shape index (κ2) is 8.83. The Kier molecular flexibility index (Phi) is 6.63. The third kappa shape index (κ3) is 4.05. The molecule has 0 radical (unpaired) electrons. The fourth-order valence-corrected chi connectivity index (χ4v) is 4.66. The zero-order valence-corrected chi connectivity index (χ0v) is 17.7. The fourth-order valence-electron chi connectivity index (χ4n) is 4.19. The van der Waals surface area contributed by atoms with Crippen molar-refractivity contribution < 1.29 is 18.4 Å². The van der Waals surface area contributed by atoms with Crippen LogP contribution in [0.25, 0.3) is 0 Å². The molecule has 1 aromatic carbocycles. The predicted octanol–water partition coefficient (Wildman–Crippen LogP) is 2.95. The van der Waals surface area contributed by atoms with E-state index in [1.54, 1.807) is 22.7 Å². The van der Waals surface area contributed by atoms with Crippen LogP contribution in [0.4, 0.5) is 8.78 Å². The number of amides is 2. The first-order valence-corrected chi connectivity index (χ1v) is 11.2. The largest absolute Gasteiger partial charge is 0.338 e. The van der Waals surface area contributed by atoms with E-state index < -0.39 is 28.8 Å². The van der Waals surface area contributed by atoms with Crippen molar-refractivity contribution in [3.8, 4) is 0 Å². The molecule has 0 saturated carbocycles. The van der Waals surface area contributed by atoms with Gasteiger partial charge in [0.05, 0.1) is 11.7 Å². The highest BCUT2D eigenvalue weighted by Gasteiger charge is 2.51. The first kappa shape index (κ1) is 21.8. The molecule has 29 heavy (non-hydrogen) atoms. The van der Waals surface area contributed by atoms with E-state index in [1.807, 2.05) is 6.26 Å². The smallest absolute Gasteiger partial charge is 0.259 e. The van der Waals surface area contributed by atoms with Crippen LogP contribution in [0.3, 0.4) is 0 Å². The second-order valence-electron chi connectivity index (χ2n) is 7.59. The summed E-state index contributed by atoms with van der Waals surface area (Å²) >= 11 is 1.69. The zero-order valence-electron chi connectivity index (χ0n) is 16.8. The van der Waals surface area contributed by atoms with Crippen LogP contribution in [0.2, 0.25) is 0 Å². The van der Waals surface area contributed by atoms with E-state index in [0.29, 0.717) is 32.5 Å². The molecule has 3 rings (SSSR count). The number of likely N-dealkylation sites (tertiary alicyclic amines) is 1. The first-order valence-electron chi connectivity index (χ1n) is 9.77. The van der Waals surface area contributed by atoms with E-state index in [0.717, 1.165) is 18.2 Å². The van der Waals surface area contributed by atoms with Crippen LogP contribution >= 0.6 is 11.8 Å². The molecule has 2 fully saturated rings. The Hall–Kier alpha value is -1.93. The molecule has 0 aliphatic carbocycles.